The number of H-pyrrole nitrogens is 1. The molecule has 0 fully saturated rings. The van der Waals surface area contributed by atoms with Crippen LogP contribution in [0.3, 0.4) is 0 Å². The number of nitrogens with two attached hydrogens (primary N) is 1. The van der Waals surface area contributed by atoms with Crippen LogP contribution in [0.25, 0.3) is 0 Å². The molecule has 0 spiro atoms. The number of hydrogen-bond donors (Lipinski definition) is 3. The van der Waals surface area contributed by atoms with Crippen molar-refractivity contribution in [1.29, 1.82) is 0 Å². The summed E-state index contributed by atoms with van der Waals surface area (Å²) in [5.74, 6) is 0.0629. The highest BCUT2D eigenvalue weighted by Gasteiger charge is 2.18. The van der Waals surface area contributed by atoms with Crippen molar-refractivity contribution in [3.63, 3.8) is 0 Å². The molecule has 4 N–H and O–H groups in total. The lowest BCUT2D eigenvalue weighted by Gasteiger charge is -2.17. The number of rotatable bonds is 3. The van der Waals surface area contributed by atoms with E-state index < -0.39 is 0 Å². The van der Waals surface area contributed by atoms with Crippen LogP contribution in [0, 0.1) is 0 Å². The molecule has 1 aliphatic carbocycles. The van der Waals surface area contributed by atoms with Crippen molar-refractivity contribution in [3.05, 3.63) is 29.2 Å². The second-order valence-electron chi connectivity index (χ2n) is 4.53. The molecule has 0 radical (unpaired) electrons. The standard InChI is InChI=1S/C12H14N6OS/c13-10(18-19)8-5-7-3-1-2-4-9(7)16-11(8)20-12-14-6-15-17-12/h5-6,19H,1-4H2,(H2,13,18)(H,14,15,17). The summed E-state index contributed by atoms with van der Waals surface area (Å²) in [6.45, 7) is 0. The molecule has 0 saturated heterocycles. The minimum atomic E-state index is 0.0629. The fourth-order valence-electron chi connectivity index (χ4n) is 2.26. The molecule has 2 aromatic heterocycles. The lowest BCUT2D eigenvalue weighted by Crippen LogP contribution is -2.18. The van der Waals surface area contributed by atoms with Crippen LogP contribution in [0.5, 0.6) is 0 Å². The number of pyridine rings is 1. The van der Waals surface area contributed by atoms with Gasteiger partial charge in [0.05, 0.1) is 5.56 Å². The Morgan fingerprint density at radius 3 is 3.00 bits per heavy atom. The van der Waals surface area contributed by atoms with Gasteiger partial charge in [0, 0.05) is 5.69 Å². The minimum Gasteiger partial charge on any atom is -0.409 e. The van der Waals surface area contributed by atoms with Gasteiger partial charge in [-0.15, -0.1) is 0 Å². The van der Waals surface area contributed by atoms with Gasteiger partial charge in [-0.1, -0.05) is 5.16 Å². The van der Waals surface area contributed by atoms with E-state index in [9.17, 15) is 0 Å². The number of nitrogens with zero attached hydrogens (tertiary/aromatic N) is 4. The Hall–Kier alpha value is -2.09. The highest BCUT2D eigenvalue weighted by atomic mass is 32.2. The Balaban J connectivity index is 2.05. The molecule has 2 heterocycles. The molecule has 0 unspecified atom stereocenters. The Kier molecular flexibility index (Phi) is 3.55. The van der Waals surface area contributed by atoms with Gasteiger partial charge in [0.15, 0.2) is 11.0 Å². The van der Waals surface area contributed by atoms with E-state index in [0.717, 1.165) is 31.4 Å². The van der Waals surface area contributed by atoms with Gasteiger partial charge < -0.3 is 10.9 Å². The smallest absolute Gasteiger partial charge is 0.189 e. The van der Waals surface area contributed by atoms with Crippen LogP contribution in [0.2, 0.25) is 0 Å². The first-order chi connectivity index (χ1) is 9.78. The maximum absolute atomic E-state index is 8.93. The topological polar surface area (TPSA) is 113 Å². The number of hydrogen-bond acceptors (Lipinski definition) is 6. The number of nitrogens with one attached hydrogen (secondary N) is 1. The van der Waals surface area contributed by atoms with E-state index in [4.69, 9.17) is 10.9 Å². The lowest BCUT2D eigenvalue weighted by atomic mass is 9.95. The summed E-state index contributed by atoms with van der Waals surface area (Å²) in [5.41, 5.74) is 8.66. The normalized spacial score (nSPS) is 15.1. The van der Waals surface area contributed by atoms with Crippen LogP contribution in [0.4, 0.5) is 0 Å². The molecule has 0 aromatic carbocycles. The number of fused-ring (bicyclic) bond motifs is 1. The average Bonchev–Trinajstić information content (AvgIpc) is 2.98. The number of aromatic nitrogens is 4. The van der Waals surface area contributed by atoms with E-state index in [1.165, 1.54) is 23.7 Å². The third-order valence-electron chi connectivity index (χ3n) is 3.24. The van der Waals surface area contributed by atoms with Crippen molar-refractivity contribution in [3.8, 4) is 0 Å². The Morgan fingerprint density at radius 1 is 1.40 bits per heavy atom. The number of aromatic amines is 1. The molecule has 20 heavy (non-hydrogen) atoms. The van der Waals surface area contributed by atoms with Gasteiger partial charge in [-0.25, -0.2) is 9.97 Å². The van der Waals surface area contributed by atoms with Crippen LogP contribution >= 0.6 is 11.8 Å². The van der Waals surface area contributed by atoms with Crippen molar-refractivity contribution in [1.82, 2.24) is 20.2 Å². The van der Waals surface area contributed by atoms with E-state index in [-0.39, 0.29) is 5.84 Å². The summed E-state index contributed by atoms with van der Waals surface area (Å²) in [6, 6.07) is 1.97. The van der Waals surface area contributed by atoms with Gasteiger partial charge in [0.1, 0.15) is 11.4 Å². The molecule has 1 aliphatic rings. The van der Waals surface area contributed by atoms with E-state index >= 15 is 0 Å². The first kappa shape index (κ1) is 12.9. The van der Waals surface area contributed by atoms with E-state index in [1.54, 1.807) is 0 Å². The summed E-state index contributed by atoms with van der Waals surface area (Å²) in [5, 5.41) is 19.9. The Bertz CT molecular complexity index is 640. The van der Waals surface area contributed by atoms with E-state index in [0.29, 0.717) is 15.7 Å². The molecule has 8 heteroatoms. The molecule has 0 amide bonds. The van der Waals surface area contributed by atoms with Crippen molar-refractivity contribution in [2.45, 2.75) is 35.9 Å². The van der Waals surface area contributed by atoms with Crippen LogP contribution in [-0.4, -0.2) is 31.2 Å². The predicted octanol–water partition coefficient (Wildman–Crippen LogP) is 1.32. The molecular weight excluding hydrogens is 276 g/mol. The van der Waals surface area contributed by atoms with Gasteiger partial charge in [-0.2, -0.15) is 5.10 Å². The van der Waals surface area contributed by atoms with Crippen LogP contribution in [0.15, 0.2) is 27.7 Å². The quantitative estimate of drug-likeness (QED) is 0.340. The minimum absolute atomic E-state index is 0.0629. The molecule has 2 aromatic rings. The van der Waals surface area contributed by atoms with Gasteiger partial charge in [0.2, 0.25) is 0 Å². The molecule has 7 nitrogen and oxygen atoms in total. The first-order valence-electron chi connectivity index (χ1n) is 6.32. The highest BCUT2D eigenvalue weighted by Crippen LogP contribution is 2.30. The van der Waals surface area contributed by atoms with E-state index in [2.05, 4.69) is 25.3 Å². The molecular formula is C12H14N6OS. The van der Waals surface area contributed by atoms with Gasteiger partial charge in [-0.05, 0) is 49.1 Å². The van der Waals surface area contributed by atoms with Crippen molar-refractivity contribution in [2.75, 3.05) is 0 Å². The summed E-state index contributed by atoms with van der Waals surface area (Å²) < 4.78 is 0. The fraction of sp³-hybridized carbons (Fsp3) is 0.333. The Morgan fingerprint density at radius 2 is 2.25 bits per heavy atom. The highest BCUT2D eigenvalue weighted by molar-refractivity contribution is 7.99. The number of aryl methyl sites for hydroxylation is 2. The second kappa shape index (κ2) is 5.49. The van der Waals surface area contributed by atoms with Crippen LogP contribution in [-0.2, 0) is 12.8 Å². The Labute approximate surface area is 119 Å². The monoisotopic (exact) mass is 290 g/mol. The molecule has 104 valence electrons. The van der Waals surface area contributed by atoms with Gasteiger partial charge >= 0.3 is 0 Å². The summed E-state index contributed by atoms with van der Waals surface area (Å²) >= 11 is 1.33. The third kappa shape index (κ3) is 2.46. The van der Waals surface area contributed by atoms with Crippen molar-refractivity contribution < 1.29 is 5.21 Å². The van der Waals surface area contributed by atoms with Crippen molar-refractivity contribution in [2.24, 2.45) is 10.9 Å². The zero-order chi connectivity index (χ0) is 13.9. The average molecular weight is 290 g/mol. The molecule has 0 bridgehead atoms. The molecule has 0 saturated carbocycles. The number of amidine groups is 1. The molecule has 3 rings (SSSR count). The lowest BCUT2D eigenvalue weighted by molar-refractivity contribution is 0.318. The zero-order valence-electron chi connectivity index (χ0n) is 10.7. The second-order valence-corrected chi connectivity index (χ2v) is 5.51. The van der Waals surface area contributed by atoms with Gasteiger partial charge in [-0.3, -0.25) is 5.10 Å². The van der Waals surface area contributed by atoms with Crippen LogP contribution < -0.4 is 5.73 Å². The maximum atomic E-state index is 8.93. The number of oxime groups is 1. The predicted molar refractivity (Wildman–Crippen MR) is 73.9 cm³/mol. The molecule has 0 aliphatic heterocycles. The largest absolute Gasteiger partial charge is 0.409 e. The fourth-order valence-corrected chi connectivity index (χ4v) is 3.08. The van der Waals surface area contributed by atoms with Gasteiger partial charge in [0.25, 0.3) is 0 Å². The maximum Gasteiger partial charge on any atom is 0.189 e. The molecule has 0 atom stereocenters. The summed E-state index contributed by atoms with van der Waals surface area (Å²) in [6.07, 6.45) is 5.69. The van der Waals surface area contributed by atoms with E-state index in [1.807, 2.05) is 6.07 Å². The zero-order valence-corrected chi connectivity index (χ0v) is 11.5. The van der Waals surface area contributed by atoms with Crippen molar-refractivity contribution >= 4 is 17.6 Å². The summed E-state index contributed by atoms with van der Waals surface area (Å²) in [4.78, 5) is 8.72. The summed E-state index contributed by atoms with van der Waals surface area (Å²) in [7, 11) is 0. The first-order valence-corrected chi connectivity index (χ1v) is 7.13. The third-order valence-corrected chi connectivity index (χ3v) is 4.13. The SMILES string of the molecule is NC(=NO)c1cc2c(nc1Sc1ncn[nH]1)CCCC2. The van der Waals surface area contributed by atoms with Crippen LogP contribution in [0.1, 0.15) is 29.7 Å².